The van der Waals surface area contributed by atoms with Crippen LogP contribution in [0.2, 0.25) is 0 Å². The lowest BCUT2D eigenvalue weighted by molar-refractivity contribution is 0.549. The van der Waals surface area contributed by atoms with Crippen molar-refractivity contribution < 1.29 is 0 Å². The second kappa shape index (κ2) is 5.33. The van der Waals surface area contributed by atoms with Crippen LogP contribution in [0.3, 0.4) is 0 Å². The highest BCUT2D eigenvalue weighted by Gasteiger charge is 2.14. The summed E-state index contributed by atoms with van der Waals surface area (Å²) < 4.78 is 1.81. The van der Waals surface area contributed by atoms with Gasteiger partial charge in [-0.2, -0.15) is 5.10 Å². The van der Waals surface area contributed by atoms with Gasteiger partial charge in [-0.25, -0.2) is 0 Å². The molecule has 2 aromatic rings. The second-order valence-electron chi connectivity index (χ2n) is 4.81. The minimum Gasteiger partial charge on any atom is -0.276 e. The molecule has 0 spiro atoms. The molecule has 0 radical (unpaired) electrons. The van der Waals surface area contributed by atoms with Crippen molar-refractivity contribution in [1.29, 1.82) is 0 Å². The van der Waals surface area contributed by atoms with Crippen LogP contribution in [0.4, 0.5) is 0 Å². The van der Waals surface area contributed by atoms with Gasteiger partial charge < -0.3 is 0 Å². The molecule has 3 N–H and O–H groups in total. The van der Waals surface area contributed by atoms with E-state index in [1.54, 1.807) is 0 Å². The molecule has 4 heteroatoms. The SMILES string of the molecule is Cc1ccc(C)c(C(Cc2cnn(C)c2)NN)c1. The van der Waals surface area contributed by atoms with Crippen LogP contribution < -0.4 is 11.3 Å². The summed E-state index contributed by atoms with van der Waals surface area (Å²) >= 11 is 0. The highest BCUT2D eigenvalue weighted by Crippen LogP contribution is 2.22. The van der Waals surface area contributed by atoms with Gasteiger partial charge in [0.2, 0.25) is 0 Å². The fourth-order valence-corrected chi connectivity index (χ4v) is 2.21. The molecule has 0 bridgehead atoms. The summed E-state index contributed by atoms with van der Waals surface area (Å²) in [6.07, 6.45) is 4.75. The minimum atomic E-state index is 0.120. The van der Waals surface area contributed by atoms with Crippen molar-refractivity contribution in [1.82, 2.24) is 15.2 Å². The van der Waals surface area contributed by atoms with E-state index >= 15 is 0 Å². The van der Waals surface area contributed by atoms with E-state index in [0.717, 1.165) is 6.42 Å². The average molecular weight is 244 g/mol. The number of hydrogen-bond acceptors (Lipinski definition) is 3. The molecular formula is C14H20N4. The van der Waals surface area contributed by atoms with Gasteiger partial charge in [0.25, 0.3) is 0 Å². The van der Waals surface area contributed by atoms with Crippen molar-refractivity contribution in [3.63, 3.8) is 0 Å². The summed E-state index contributed by atoms with van der Waals surface area (Å²) in [5.41, 5.74) is 7.85. The van der Waals surface area contributed by atoms with Crippen molar-refractivity contribution in [3.05, 3.63) is 52.8 Å². The van der Waals surface area contributed by atoms with Crippen LogP contribution in [-0.4, -0.2) is 9.78 Å². The van der Waals surface area contributed by atoms with E-state index in [2.05, 4.69) is 42.6 Å². The Hall–Kier alpha value is -1.65. The number of nitrogens with one attached hydrogen (secondary N) is 1. The Morgan fingerprint density at radius 1 is 1.39 bits per heavy atom. The van der Waals surface area contributed by atoms with Crippen LogP contribution in [0.1, 0.15) is 28.3 Å². The maximum absolute atomic E-state index is 5.70. The number of hydrogen-bond donors (Lipinski definition) is 2. The molecule has 2 rings (SSSR count). The maximum Gasteiger partial charge on any atom is 0.0522 e. The highest BCUT2D eigenvalue weighted by molar-refractivity contribution is 5.33. The monoisotopic (exact) mass is 244 g/mol. The quantitative estimate of drug-likeness (QED) is 0.637. The predicted octanol–water partition coefficient (Wildman–Crippen LogP) is 1.78. The van der Waals surface area contributed by atoms with Crippen molar-refractivity contribution in [2.75, 3.05) is 0 Å². The molecule has 4 nitrogen and oxygen atoms in total. The zero-order valence-electron chi connectivity index (χ0n) is 11.1. The minimum absolute atomic E-state index is 0.120. The average Bonchev–Trinajstić information content (AvgIpc) is 2.75. The maximum atomic E-state index is 5.70. The van der Waals surface area contributed by atoms with Gasteiger partial charge in [0.1, 0.15) is 0 Å². The van der Waals surface area contributed by atoms with Gasteiger partial charge in [0, 0.05) is 13.2 Å². The molecule has 0 amide bonds. The van der Waals surface area contributed by atoms with Gasteiger partial charge in [-0.05, 0) is 37.0 Å². The van der Waals surface area contributed by atoms with Gasteiger partial charge in [-0.15, -0.1) is 0 Å². The number of nitrogens with two attached hydrogens (primary N) is 1. The molecule has 1 heterocycles. The number of aromatic nitrogens is 2. The molecule has 1 aromatic carbocycles. The third-order valence-electron chi connectivity index (χ3n) is 3.21. The molecule has 0 aliphatic heterocycles. The fourth-order valence-electron chi connectivity index (χ4n) is 2.21. The molecule has 96 valence electrons. The summed E-state index contributed by atoms with van der Waals surface area (Å²) in [6, 6.07) is 6.57. The van der Waals surface area contributed by atoms with Gasteiger partial charge >= 0.3 is 0 Å². The number of nitrogens with zero attached hydrogens (tertiary/aromatic N) is 2. The predicted molar refractivity (Wildman–Crippen MR) is 72.9 cm³/mol. The molecule has 0 aliphatic rings. The number of rotatable bonds is 4. The van der Waals surface area contributed by atoms with Crippen molar-refractivity contribution in [3.8, 4) is 0 Å². The summed E-state index contributed by atoms with van der Waals surface area (Å²) in [5, 5.41) is 4.19. The standard InChI is InChI=1S/C14H20N4/c1-10-4-5-11(2)13(6-10)14(17-15)7-12-8-16-18(3)9-12/h4-6,8-9,14,17H,7,15H2,1-3H3. The first-order valence-electron chi connectivity index (χ1n) is 6.11. The van der Waals surface area contributed by atoms with Gasteiger partial charge in [0.15, 0.2) is 0 Å². The van der Waals surface area contributed by atoms with Crippen LogP contribution >= 0.6 is 0 Å². The number of aryl methyl sites for hydroxylation is 3. The molecule has 1 unspecified atom stereocenters. The van der Waals surface area contributed by atoms with Gasteiger partial charge in [-0.3, -0.25) is 16.0 Å². The van der Waals surface area contributed by atoms with E-state index in [0.29, 0.717) is 0 Å². The molecule has 0 fully saturated rings. The first-order chi connectivity index (χ1) is 8.60. The number of hydrazine groups is 1. The van der Waals surface area contributed by atoms with Crippen molar-refractivity contribution in [2.24, 2.45) is 12.9 Å². The molecule has 1 atom stereocenters. The Morgan fingerprint density at radius 3 is 2.78 bits per heavy atom. The molecule has 18 heavy (non-hydrogen) atoms. The molecule has 1 aromatic heterocycles. The number of benzene rings is 1. The Kier molecular flexibility index (Phi) is 3.79. The Labute approximate surface area is 108 Å². The molecule has 0 saturated heterocycles. The van der Waals surface area contributed by atoms with Crippen molar-refractivity contribution in [2.45, 2.75) is 26.3 Å². The summed E-state index contributed by atoms with van der Waals surface area (Å²) in [5.74, 6) is 5.70. The van der Waals surface area contributed by atoms with E-state index < -0.39 is 0 Å². The first kappa shape index (κ1) is 12.8. The zero-order chi connectivity index (χ0) is 13.1. The van der Waals surface area contributed by atoms with Gasteiger partial charge in [0.05, 0.1) is 12.2 Å². The highest BCUT2D eigenvalue weighted by atomic mass is 15.2. The Morgan fingerprint density at radius 2 is 2.17 bits per heavy atom. The fraction of sp³-hybridized carbons (Fsp3) is 0.357. The van der Waals surface area contributed by atoms with Crippen LogP contribution in [0.25, 0.3) is 0 Å². The smallest absolute Gasteiger partial charge is 0.0522 e. The van der Waals surface area contributed by atoms with E-state index in [-0.39, 0.29) is 6.04 Å². The first-order valence-corrected chi connectivity index (χ1v) is 6.11. The van der Waals surface area contributed by atoms with Crippen LogP contribution in [0.15, 0.2) is 30.6 Å². The van der Waals surface area contributed by atoms with E-state index in [9.17, 15) is 0 Å². The Bertz CT molecular complexity index is 530. The largest absolute Gasteiger partial charge is 0.276 e. The summed E-state index contributed by atoms with van der Waals surface area (Å²) in [6.45, 7) is 4.21. The third-order valence-corrected chi connectivity index (χ3v) is 3.21. The molecule has 0 saturated carbocycles. The zero-order valence-corrected chi connectivity index (χ0v) is 11.1. The molecule has 0 aliphatic carbocycles. The lowest BCUT2D eigenvalue weighted by Crippen LogP contribution is -2.30. The van der Waals surface area contributed by atoms with E-state index in [1.165, 1.54) is 22.3 Å². The van der Waals surface area contributed by atoms with Crippen LogP contribution in [0, 0.1) is 13.8 Å². The lowest BCUT2D eigenvalue weighted by atomic mass is 9.95. The second-order valence-corrected chi connectivity index (χ2v) is 4.81. The third kappa shape index (κ3) is 2.78. The summed E-state index contributed by atoms with van der Waals surface area (Å²) in [7, 11) is 1.92. The summed E-state index contributed by atoms with van der Waals surface area (Å²) in [4.78, 5) is 0. The van der Waals surface area contributed by atoms with Crippen LogP contribution in [0.5, 0.6) is 0 Å². The normalized spacial score (nSPS) is 12.7. The van der Waals surface area contributed by atoms with Crippen LogP contribution in [-0.2, 0) is 13.5 Å². The van der Waals surface area contributed by atoms with Gasteiger partial charge in [-0.1, -0.05) is 23.8 Å². The van der Waals surface area contributed by atoms with E-state index in [1.807, 2.05) is 24.1 Å². The Balaban J connectivity index is 2.25. The van der Waals surface area contributed by atoms with Crippen molar-refractivity contribution >= 4 is 0 Å². The van der Waals surface area contributed by atoms with E-state index in [4.69, 9.17) is 5.84 Å². The molecular weight excluding hydrogens is 224 g/mol. The lowest BCUT2D eigenvalue weighted by Gasteiger charge is -2.18. The topological polar surface area (TPSA) is 55.9 Å².